The number of carbonyl (C=O) groups excluding carboxylic acids is 1. The number of rotatable bonds is 5. The van der Waals surface area contributed by atoms with Gasteiger partial charge in [-0.1, -0.05) is 0 Å². The Hall–Kier alpha value is -2.79. The molecule has 5 nitrogen and oxygen atoms in total. The van der Waals surface area contributed by atoms with Gasteiger partial charge < -0.3 is 4.74 Å². The summed E-state index contributed by atoms with van der Waals surface area (Å²) in [5, 5.41) is 10.5. The van der Waals surface area contributed by atoms with Gasteiger partial charge in [0, 0.05) is 25.0 Å². The highest BCUT2D eigenvalue weighted by atomic mass is 16.6. The van der Waals surface area contributed by atoms with E-state index in [4.69, 9.17) is 17.6 Å². The van der Waals surface area contributed by atoms with Crippen molar-refractivity contribution in [2.45, 2.75) is 12.8 Å². The molecule has 19 heavy (non-hydrogen) atoms. The van der Waals surface area contributed by atoms with Crippen molar-refractivity contribution in [2.24, 2.45) is 5.92 Å². The van der Waals surface area contributed by atoms with Crippen LogP contribution >= 0.6 is 0 Å². The number of carbonyl (C=O) groups is 1. The summed E-state index contributed by atoms with van der Waals surface area (Å²) < 4.78 is 5.06. The van der Waals surface area contributed by atoms with E-state index < -0.39 is 16.8 Å². The third kappa shape index (κ3) is 4.18. The second-order valence-corrected chi connectivity index (χ2v) is 3.69. The monoisotopic (exact) mass is 257 g/mol. The van der Waals surface area contributed by atoms with E-state index in [0.29, 0.717) is 0 Å². The van der Waals surface area contributed by atoms with Crippen LogP contribution in [0.4, 0.5) is 5.69 Å². The Bertz CT molecular complexity index is 532. The van der Waals surface area contributed by atoms with Crippen LogP contribution < -0.4 is 4.74 Å². The van der Waals surface area contributed by atoms with Crippen LogP contribution in [0.5, 0.6) is 5.75 Å². The van der Waals surface area contributed by atoms with E-state index in [1.54, 1.807) is 0 Å². The molecule has 5 heteroatoms. The fourth-order valence-corrected chi connectivity index (χ4v) is 1.36. The van der Waals surface area contributed by atoms with Crippen LogP contribution in [-0.4, -0.2) is 10.9 Å². The molecular weight excluding hydrogens is 246 g/mol. The first-order chi connectivity index (χ1) is 9.08. The van der Waals surface area contributed by atoms with Crippen LogP contribution in [-0.2, 0) is 4.79 Å². The van der Waals surface area contributed by atoms with E-state index in [9.17, 15) is 14.9 Å². The second-order valence-electron chi connectivity index (χ2n) is 3.69. The van der Waals surface area contributed by atoms with Crippen LogP contribution in [0, 0.1) is 40.7 Å². The molecule has 96 valence electrons. The van der Waals surface area contributed by atoms with Crippen LogP contribution in [0.3, 0.4) is 0 Å². The molecule has 1 aromatic rings. The highest BCUT2D eigenvalue weighted by molar-refractivity contribution is 5.75. The molecule has 0 unspecified atom stereocenters. The Morgan fingerprint density at radius 2 is 1.79 bits per heavy atom. The van der Waals surface area contributed by atoms with Crippen molar-refractivity contribution < 1.29 is 14.5 Å². The number of hydrogen-bond donors (Lipinski definition) is 0. The van der Waals surface area contributed by atoms with Gasteiger partial charge in [0.15, 0.2) is 0 Å². The number of nitrogens with zero attached hydrogens (tertiary/aromatic N) is 1. The lowest BCUT2D eigenvalue weighted by Gasteiger charge is -2.10. The molecule has 0 spiro atoms. The summed E-state index contributed by atoms with van der Waals surface area (Å²) in [7, 11) is 0. The standard InChI is InChI=1S/C14H11NO4/c1-3-5-11(6-4-2)14(16)19-13-9-7-12(8-10-13)15(17)18/h1-2,7-11H,5-6H2. The summed E-state index contributed by atoms with van der Waals surface area (Å²) in [4.78, 5) is 21.7. The van der Waals surface area contributed by atoms with Gasteiger partial charge in [0.1, 0.15) is 5.75 Å². The molecular formula is C14H11NO4. The predicted octanol–water partition coefficient (Wildman–Crippen LogP) is 2.16. The summed E-state index contributed by atoms with van der Waals surface area (Å²) in [5.74, 6) is 3.83. The number of esters is 1. The summed E-state index contributed by atoms with van der Waals surface area (Å²) in [5.41, 5.74) is -0.0800. The van der Waals surface area contributed by atoms with Crippen molar-refractivity contribution in [1.29, 1.82) is 0 Å². The topological polar surface area (TPSA) is 69.4 Å². The van der Waals surface area contributed by atoms with Gasteiger partial charge in [0.2, 0.25) is 0 Å². The summed E-state index contributed by atoms with van der Waals surface area (Å²) in [6, 6.07) is 5.19. The Morgan fingerprint density at radius 3 is 2.21 bits per heavy atom. The Morgan fingerprint density at radius 1 is 1.26 bits per heavy atom. The number of hydrogen-bond acceptors (Lipinski definition) is 4. The first-order valence-corrected chi connectivity index (χ1v) is 5.41. The third-order valence-electron chi connectivity index (χ3n) is 2.33. The van der Waals surface area contributed by atoms with Crippen molar-refractivity contribution in [2.75, 3.05) is 0 Å². The average Bonchev–Trinajstić information content (AvgIpc) is 2.39. The zero-order chi connectivity index (χ0) is 14.3. The molecule has 0 radical (unpaired) electrons. The molecule has 0 heterocycles. The SMILES string of the molecule is C#CCC(CC#C)C(=O)Oc1ccc([N+](=O)[O-])cc1. The number of benzene rings is 1. The lowest BCUT2D eigenvalue weighted by molar-refractivity contribution is -0.384. The molecule has 0 atom stereocenters. The number of terminal acetylenes is 2. The van der Waals surface area contributed by atoms with Gasteiger partial charge in [-0.3, -0.25) is 14.9 Å². The third-order valence-corrected chi connectivity index (χ3v) is 2.33. The maximum atomic E-state index is 11.8. The van der Waals surface area contributed by atoms with E-state index >= 15 is 0 Å². The Labute approximate surface area is 110 Å². The zero-order valence-corrected chi connectivity index (χ0v) is 10.0. The maximum Gasteiger partial charge on any atom is 0.316 e. The fraction of sp³-hybridized carbons (Fsp3) is 0.214. The van der Waals surface area contributed by atoms with Crippen molar-refractivity contribution in [1.82, 2.24) is 0 Å². The first kappa shape index (κ1) is 14.3. The minimum absolute atomic E-state index is 0.0800. The van der Waals surface area contributed by atoms with Gasteiger partial charge in [0.05, 0.1) is 10.8 Å². The first-order valence-electron chi connectivity index (χ1n) is 5.41. The van der Waals surface area contributed by atoms with E-state index in [2.05, 4.69) is 11.8 Å². The van der Waals surface area contributed by atoms with Crippen molar-refractivity contribution in [3.05, 3.63) is 34.4 Å². The number of nitro groups is 1. The largest absolute Gasteiger partial charge is 0.426 e. The fourth-order valence-electron chi connectivity index (χ4n) is 1.36. The Balaban J connectivity index is 2.73. The van der Waals surface area contributed by atoms with E-state index in [1.165, 1.54) is 24.3 Å². The molecule has 0 N–H and O–H groups in total. The average molecular weight is 257 g/mol. The smallest absolute Gasteiger partial charge is 0.316 e. The molecule has 0 saturated carbocycles. The van der Waals surface area contributed by atoms with Gasteiger partial charge in [-0.15, -0.1) is 24.7 Å². The van der Waals surface area contributed by atoms with E-state index in [1.807, 2.05) is 0 Å². The quantitative estimate of drug-likeness (QED) is 0.266. The van der Waals surface area contributed by atoms with Crippen molar-refractivity contribution in [3.8, 4) is 30.4 Å². The molecule has 0 bridgehead atoms. The molecule has 1 rings (SSSR count). The molecule has 0 fully saturated rings. The van der Waals surface area contributed by atoms with Crippen LogP contribution in [0.1, 0.15) is 12.8 Å². The molecule has 1 aromatic carbocycles. The van der Waals surface area contributed by atoms with Gasteiger partial charge in [-0.2, -0.15) is 0 Å². The molecule has 0 aliphatic carbocycles. The van der Waals surface area contributed by atoms with E-state index in [-0.39, 0.29) is 24.3 Å². The van der Waals surface area contributed by atoms with Gasteiger partial charge >= 0.3 is 5.97 Å². The zero-order valence-electron chi connectivity index (χ0n) is 10.0. The van der Waals surface area contributed by atoms with Crippen LogP contribution in [0.15, 0.2) is 24.3 Å². The van der Waals surface area contributed by atoms with Crippen LogP contribution in [0.25, 0.3) is 0 Å². The minimum atomic E-state index is -0.565. The minimum Gasteiger partial charge on any atom is -0.426 e. The Kier molecular flexibility index (Phi) is 5.13. The second kappa shape index (κ2) is 6.83. The van der Waals surface area contributed by atoms with Crippen molar-refractivity contribution in [3.63, 3.8) is 0 Å². The highest BCUT2D eigenvalue weighted by Crippen LogP contribution is 2.19. The molecule has 0 aliphatic rings. The lowest BCUT2D eigenvalue weighted by atomic mass is 10.0. The van der Waals surface area contributed by atoms with Crippen LogP contribution in [0.2, 0.25) is 0 Å². The molecule has 0 amide bonds. The van der Waals surface area contributed by atoms with Gasteiger partial charge in [-0.25, -0.2) is 0 Å². The number of nitro benzene ring substituents is 1. The summed E-state index contributed by atoms with van der Waals surface area (Å²) >= 11 is 0. The predicted molar refractivity (Wildman–Crippen MR) is 69.1 cm³/mol. The summed E-state index contributed by atoms with van der Waals surface area (Å²) in [6.07, 6.45) is 10.7. The number of non-ortho nitro benzene ring substituents is 1. The van der Waals surface area contributed by atoms with Gasteiger partial charge in [-0.05, 0) is 12.1 Å². The molecule has 0 aromatic heterocycles. The molecule has 0 aliphatic heterocycles. The highest BCUT2D eigenvalue weighted by Gasteiger charge is 2.19. The maximum absolute atomic E-state index is 11.8. The lowest BCUT2D eigenvalue weighted by Crippen LogP contribution is -2.19. The number of ether oxygens (including phenoxy) is 1. The van der Waals surface area contributed by atoms with Gasteiger partial charge in [0.25, 0.3) is 5.69 Å². The molecule has 0 saturated heterocycles. The van der Waals surface area contributed by atoms with E-state index in [0.717, 1.165) is 0 Å². The summed E-state index contributed by atoms with van der Waals surface area (Å²) in [6.45, 7) is 0. The van der Waals surface area contributed by atoms with Crippen molar-refractivity contribution >= 4 is 11.7 Å². The normalized spacial score (nSPS) is 9.42.